The molecule has 0 N–H and O–H groups in total. The van der Waals surface area contributed by atoms with Crippen molar-refractivity contribution in [1.82, 2.24) is 15.1 Å². The minimum absolute atomic E-state index is 0.0788. The molecular weight excluding hydrogens is 407 g/mol. The third kappa shape index (κ3) is 4.22. The summed E-state index contributed by atoms with van der Waals surface area (Å²) in [4.78, 5) is 19.9. The van der Waals surface area contributed by atoms with E-state index in [4.69, 9.17) is 0 Å². The minimum Gasteiger partial charge on any atom is -0.329 e. The van der Waals surface area contributed by atoms with E-state index in [1.165, 1.54) is 30.5 Å². The lowest BCUT2D eigenvalue weighted by Gasteiger charge is -2.02. The number of halogens is 3. The number of rotatable bonds is 5. The molecule has 0 unspecified atom stereocenters. The van der Waals surface area contributed by atoms with E-state index in [9.17, 15) is 26.4 Å². The molecule has 0 fully saturated rings. The monoisotopic (exact) mass is 417 g/mol. The zero-order valence-corrected chi connectivity index (χ0v) is 15.2. The quantitative estimate of drug-likeness (QED) is 0.588. The van der Waals surface area contributed by atoms with Crippen molar-refractivity contribution >= 4 is 27.0 Å². The molecule has 2 aromatic heterocycles. The normalized spacial score (nSPS) is 12.3. The number of benzene rings is 1. The highest BCUT2D eigenvalue weighted by Crippen LogP contribution is 2.29. The number of carbonyl (C=O) groups is 1. The van der Waals surface area contributed by atoms with Crippen molar-refractivity contribution in [1.29, 1.82) is 0 Å². The van der Waals surface area contributed by atoms with Gasteiger partial charge in [0.1, 0.15) is 5.75 Å². The van der Waals surface area contributed by atoms with Gasteiger partial charge in [-0.3, -0.25) is 4.79 Å². The van der Waals surface area contributed by atoms with Gasteiger partial charge < -0.3 is 4.52 Å². The first kappa shape index (κ1) is 19.2. The predicted molar refractivity (Wildman–Crippen MR) is 88.0 cm³/mol. The predicted octanol–water partition coefficient (Wildman–Crippen LogP) is 3.18. The molecule has 1 aromatic carbocycles. The fourth-order valence-electron chi connectivity index (χ4n) is 2.06. The van der Waals surface area contributed by atoms with E-state index < -0.39 is 33.4 Å². The van der Waals surface area contributed by atoms with E-state index in [0.717, 1.165) is 11.3 Å². The van der Waals surface area contributed by atoms with Gasteiger partial charge >= 0.3 is 12.1 Å². The SMILES string of the molecule is Cc1cnc(S(=O)(=O)CC(=O)c2ccc(-c3noc(C(F)(F)F)n3)cc2)s1. The van der Waals surface area contributed by atoms with Crippen molar-refractivity contribution in [3.05, 3.63) is 46.8 Å². The molecule has 7 nitrogen and oxygen atoms in total. The minimum atomic E-state index is -4.76. The maximum Gasteiger partial charge on any atom is 0.471 e. The average molecular weight is 417 g/mol. The number of aryl methyl sites for hydroxylation is 1. The lowest BCUT2D eigenvalue weighted by Crippen LogP contribution is -2.16. The molecule has 0 saturated heterocycles. The number of hydrogen-bond donors (Lipinski definition) is 0. The van der Waals surface area contributed by atoms with Crippen LogP contribution in [-0.2, 0) is 16.0 Å². The molecule has 0 aliphatic heterocycles. The summed E-state index contributed by atoms with van der Waals surface area (Å²) in [5, 5.41) is 3.24. The first-order chi connectivity index (χ1) is 12.6. The summed E-state index contributed by atoms with van der Waals surface area (Å²) in [6, 6.07) is 5.17. The van der Waals surface area contributed by atoms with Crippen LogP contribution >= 0.6 is 11.3 Å². The van der Waals surface area contributed by atoms with Crippen molar-refractivity contribution in [2.24, 2.45) is 0 Å². The summed E-state index contributed by atoms with van der Waals surface area (Å²) >= 11 is 0.966. The van der Waals surface area contributed by atoms with E-state index in [1.807, 2.05) is 0 Å². The van der Waals surface area contributed by atoms with Crippen molar-refractivity contribution in [3.63, 3.8) is 0 Å². The van der Waals surface area contributed by atoms with Crippen LogP contribution in [0, 0.1) is 6.92 Å². The van der Waals surface area contributed by atoms with Crippen LogP contribution < -0.4 is 0 Å². The first-order valence-electron chi connectivity index (χ1n) is 7.26. The van der Waals surface area contributed by atoms with Gasteiger partial charge in [-0.25, -0.2) is 13.4 Å². The van der Waals surface area contributed by atoms with Gasteiger partial charge in [-0.1, -0.05) is 29.4 Å². The van der Waals surface area contributed by atoms with Gasteiger partial charge in [0.05, 0.1) is 0 Å². The van der Waals surface area contributed by atoms with Gasteiger partial charge in [-0.15, -0.1) is 11.3 Å². The van der Waals surface area contributed by atoms with Crippen LogP contribution in [-0.4, -0.2) is 35.1 Å². The summed E-state index contributed by atoms with van der Waals surface area (Å²) < 4.78 is 65.9. The molecule has 0 bridgehead atoms. The third-order valence-corrected chi connectivity index (χ3v) is 6.32. The number of nitrogens with zero attached hydrogens (tertiary/aromatic N) is 3. The molecule has 142 valence electrons. The number of thiazole rings is 1. The summed E-state index contributed by atoms with van der Waals surface area (Å²) in [7, 11) is -3.87. The molecule has 3 aromatic rings. The second-order valence-corrected chi connectivity index (χ2v) is 8.82. The molecule has 2 heterocycles. The number of hydrogen-bond acceptors (Lipinski definition) is 8. The van der Waals surface area contributed by atoms with Crippen LogP contribution in [0.2, 0.25) is 0 Å². The Morgan fingerprint density at radius 2 is 1.89 bits per heavy atom. The molecule has 0 spiro atoms. The zero-order valence-electron chi connectivity index (χ0n) is 13.5. The average Bonchev–Trinajstić information content (AvgIpc) is 3.23. The lowest BCUT2D eigenvalue weighted by molar-refractivity contribution is -0.159. The molecule has 0 saturated carbocycles. The summed E-state index contributed by atoms with van der Waals surface area (Å²) in [5.41, 5.74) is 0.263. The fourth-order valence-corrected chi connectivity index (χ4v) is 4.47. The van der Waals surface area contributed by atoms with Crippen molar-refractivity contribution < 1.29 is 30.9 Å². The number of carbonyl (C=O) groups excluding carboxylic acids is 1. The van der Waals surface area contributed by atoms with E-state index in [2.05, 4.69) is 19.6 Å². The number of Topliss-reactive ketones (excluding diaryl/α,β-unsaturated/α-hetero) is 1. The third-order valence-electron chi connectivity index (χ3n) is 3.32. The Morgan fingerprint density at radius 3 is 2.41 bits per heavy atom. The van der Waals surface area contributed by atoms with Gasteiger partial charge in [0.25, 0.3) is 0 Å². The topological polar surface area (TPSA) is 103 Å². The van der Waals surface area contributed by atoms with E-state index >= 15 is 0 Å². The van der Waals surface area contributed by atoms with Crippen molar-refractivity contribution in [3.8, 4) is 11.4 Å². The highest BCUT2D eigenvalue weighted by atomic mass is 32.2. The second-order valence-electron chi connectivity index (χ2n) is 5.42. The Kier molecular flexibility index (Phi) is 4.86. The smallest absolute Gasteiger partial charge is 0.329 e. The van der Waals surface area contributed by atoms with Gasteiger partial charge in [0, 0.05) is 22.2 Å². The molecular formula is C15H10F3N3O4S2. The molecule has 27 heavy (non-hydrogen) atoms. The number of alkyl halides is 3. The Morgan fingerprint density at radius 1 is 1.22 bits per heavy atom. The summed E-state index contributed by atoms with van der Waals surface area (Å²) in [5.74, 6) is -3.21. The van der Waals surface area contributed by atoms with E-state index in [-0.39, 0.29) is 21.3 Å². The Labute approximate surface area is 154 Å². The summed E-state index contributed by atoms with van der Waals surface area (Å²) in [6.07, 6.45) is -3.36. The van der Waals surface area contributed by atoms with Crippen LogP contribution in [0.1, 0.15) is 21.1 Å². The highest BCUT2D eigenvalue weighted by Gasteiger charge is 2.38. The Balaban J connectivity index is 1.77. The highest BCUT2D eigenvalue weighted by molar-refractivity contribution is 7.94. The maximum atomic E-state index is 12.5. The van der Waals surface area contributed by atoms with E-state index in [1.54, 1.807) is 6.92 Å². The van der Waals surface area contributed by atoms with Crippen molar-refractivity contribution in [2.45, 2.75) is 17.4 Å². The molecule has 3 rings (SSSR count). The van der Waals surface area contributed by atoms with Gasteiger partial charge in [-0.2, -0.15) is 18.2 Å². The van der Waals surface area contributed by atoms with Crippen LogP contribution in [0.4, 0.5) is 13.2 Å². The molecule has 0 atom stereocenters. The second kappa shape index (κ2) is 6.85. The zero-order chi connectivity index (χ0) is 19.8. The molecule has 12 heteroatoms. The number of ketones is 1. The lowest BCUT2D eigenvalue weighted by atomic mass is 10.1. The van der Waals surface area contributed by atoms with Crippen LogP contribution in [0.15, 0.2) is 39.3 Å². The first-order valence-corrected chi connectivity index (χ1v) is 9.73. The Bertz CT molecular complexity index is 1090. The molecule has 0 aliphatic rings. The van der Waals surface area contributed by atoms with Crippen LogP contribution in [0.25, 0.3) is 11.4 Å². The molecule has 0 amide bonds. The number of aromatic nitrogens is 3. The standard InChI is InChI=1S/C15H10F3N3O4S2/c1-8-6-19-14(26-8)27(23,24)7-11(22)9-2-4-10(5-3-9)12-20-13(25-21-12)15(16,17)18/h2-6H,7H2,1H3. The van der Waals surface area contributed by atoms with Gasteiger partial charge in [-0.05, 0) is 6.92 Å². The Hall–Kier alpha value is -2.60. The van der Waals surface area contributed by atoms with Crippen molar-refractivity contribution in [2.75, 3.05) is 5.75 Å². The fraction of sp³-hybridized carbons (Fsp3) is 0.200. The van der Waals surface area contributed by atoms with E-state index in [0.29, 0.717) is 4.88 Å². The maximum absolute atomic E-state index is 12.5. The van der Waals surface area contributed by atoms with Crippen LogP contribution in [0.3, 0.4) is 0 Å². The van der Waals surface area contributed by atoms with Crippen LogP contribution in [0.5, 0.6) is 0 Å². The molecule has 0 radical (unpaired) electrons. The molecule has 0 aliphatic carbocycles. The summed E-state index contributed by atoms with van der Waals surface area (Å²) in [6.45, 7) is 1.69. The number of sulfone groups is 1. The largest absolute Gasteiger partial charge is 0.471 e. The van der Waals surface area contributed by atoms with Gasteiger partial charge in [0.2, 0.25) is 20.0 Å². The van der Waals surface area contributed by atoms with Gasteiger partial charge in [0.15, 0.2) is 5.78 Å².